The van der Waals surface area contributed by atoms with Crippen molar-refractivity contribution >= 4 is 11.5 Å². The zero-order valence-corrected chi connectivity index (χ0v) is 10.7. The first-order valence-corrected chi connectivity index (χ1v) is 5.96. The van der Waals surface area contributed by atoms with E-state index in [1.807, 2.05) is 13.8 Å². The average molecular weight is 254 g/mol. The molecule has 1 heterocycles. The number of anilines is 1. The Hall–Kier alpha value is -2.43. The molecule has 3 rings (SSSR count). The quantitative estimate of drug-likeness (QED) is 0.670. The van der Waals surface area contributed by atoms with Gasteiger partial charge >= 0.3 is 0 Å². The van der Waals surface area contributed by atoms with Crippen LogP contribution in [-0.2, 0) is 5.41 Å². The molecule has 0 spiro atoms. The maximum Gasteiger partial charge on any atom is 0.131 e. The number of fused-ring (bicyclic) bond motifs is 3. The van der Waals surface area contributed by atoms with Crippen molar-refractivity contribution in [2.24, 2.45) is 0 Å². The van der Waals surface area contributed by atoms with Crippen LogP contribution in [0.5, 0.6) is 5.75 Å². The van der Waals surface area contributed by atoms with Gasteiger partial charge in [-0.25, -0.2) is 9.97 Å². The third-order valence-corrected chi connectivity index (χ3v) is 3.65. The Morgan fingerprint density at radius 3 is 2.68 bits per heavy atom. The summed E-state index contributed by atoms with van der Waals surface area (Å²) in [4.78, 5) is 8.35. The number of nitrogens with two attached hydrogens (primary N) is 1. The minimum Gasteiger partial charge on any atom is -0.508 e. The highest BCUT2D eigenvalue weighted by atomic mass is 16.3. The molecule has 1 aromatic carbocycles. The molecule has 1 aromatic heterocycles. The lowest BCUT2D eigenvalue weighted by atomic mass is 9.70. The van der Waals surface area contributed by atoms with E-state index in [-0.39, 0.29) is 5.75 Å². The average Bonchev–Trinajstić information content (AvgIpc) is 2.36. The summed E-state index contributed by atoms with van der Waals surface area (Å²) in [5.74, 6) is 0.545. The first-order valence-electron chi connectivity index (χ1n) is 5.96. The van der Waals surface area contributed by atoms with Gasteiger partial charge in [-0.1, -0.05) is 0 Å². The van der Waals surface area contributed by atoms with Crippen molar-refractivity contribution in [3.8, 4) is 17.0 Å². The van der Waals surface area contributed by atoms with Crippen LogP contribution in [0.1, 0.15) is 25.0 Å². The van der Waals surface area contributed by atoms with Gasteiger partial charge in [0.1, 0.15) is 17.9 Å². The number of nitrogens with zero attached hydrogens (tertiary/aromatic N) is 2. The molecule has 0 amide bonds. The van der Waals surface area contributed by atoms with Gasteiger partial charge in [-0.05, 0) is 32.0 Å². The van der Waals surface area contributed by atoms with Crippen molar-refractivity contribution in [2.75, 3.05) is 5.73 Å². The molecule has 1 aliphatic rings. The van der Waals surface area contributed by atoms with Gasteiger partial charge in [0.2, 0.25) is 0 Å². The van der Waals surface area contributed by atoms with E-state index < -0.39 is 5.41 Å². The molecular formula is C14H14N4O. The molecule has 0 atom stereocenters. The van der Waals surface area contributed by atoms with Crippen molar-refractivity contribution < 1.29 is 5.11 Å². The van der Waals surface area contributed by atoms with Gasteiger partial charge < -0.3 is 16.2 Å². The summed E-state index contributed by atoms with van der Waals surface area (Å²) in [7, 11) is 0. The smallest absolute Gasteiger partial charge is 0.131 e. The molecule has 96 valence electrons. The number of nitrogens with one attached hydrogen (secondary N) is 1. The number of aromatic nitrogens is 2. The molecule has 5 heteroatoms. The minimum absolute atomic E-state index is 0.143. The van der Waals surface area contributed by atoms with Crippen LogP contribution in [0.3, 0.4) is 0 Å². The fourth-order valence-electron chi connectivity index (χ4n) is 2.63. The van der Waals surface area contributed by atoms with Crippen LogP contribution in [0.25, 0.3) is 11.3 Å². The second kappa shape index (κ2) is 3.54. The molecule has 5 nitrogen and oxygen atoms in total. The highest BCUT2D eigenvalue weighted by Gasteiger charge is 2.39. The molecule has 4 N–H and O–H groups in total. The van der Waals surface area contributed by atoms with Crippen LogP contribution in [0, 0.1) is 5.41 Å². The van der Waals surface area contributed by atoms with E-state index in [4.69, 9.17) is 11.1 Å². The Kier molecular flexibility index (Phi) is 2.17. The largest absolute Gasteiger partial charge is 0.508 e. The van der Waals surface area contributed by atoms with Crippen LogP contribution in [0.2, 0.25) is 0 Å². The van der Waals surface area contributed by atoms with Crippen LogP contribution in [0.4, 0.5) is 5.82 Å². The summed E-state index contributed by atoms with van der Waals surface area (Å²) >= 11 is 0. The van der Waals surface area contributed by atoms with E-state index in [0.717, 1.165) is 16.8 Å². The lowest BCUT2D eigenvalue weighted by molar-refractivity contribution is 0.475. The fourth-order valence-corrected chi connectivity index (χ4v) is 2.63. The van der Waals surface area contributed by atoms with Crippen molar-refractivity contribution in [2.45, 2.75) is 19.3 Å². The molecule has 2 aromatic rings. The standard InChI is InChI=1S/C14H14N4O/c1-14(2)10-11(17-6-18-13(10)16)8-4-3-7(19)5-9(8)12(14)15/h3-6,15,19H,1-2H3,(H2,16,17,18). The minimum atomic E-state index is -0.582. The van der Waals surface area contributed by atoms with E-state index in [1.165, 1.54) is 6.33 Å². The zero-order chi connectivity index (χ0) is 13.8. The number of hydrogen-bond acceptors (Lipinski definition) is 5. The number of phenolic OH excluding ortho intramolecular Hbond substituents is 1. The molecule has 0 bridgehead atoms. The van der Waals surface area contributed by atoms with Crippen LogP contribution in [-0.4, -0.2) is 20.8 Å². The number of benzene rings is 1. The molecular weight excluding hydrogens is 240 g/mol. The van der Waals surface area contributed by atoms with E-state index in [0.29, 0.717) is 17.1 Å². The molecule has 0 saturated carbocycles. The van der Waals surface area contributed by atoms with E-state index in [2.05, 4.69) is 9.97 Å². The molecule has 0 radical (unpaired) electrons. The van der Waals surface area contributed by atoms with E-state index >= 15 is 0 Å². The van der Waals surface area contributed by atoms with Crippen molar-refractivity contribution in [3.05, 3.63) is 35.7 Å². The van der Waals surface area contributed by atoms with Crippen molar-refractivity contribution in [1.82, 2.24) is 9.97 Å². The third-order valence-electron chi connectivity index (χ3n) is 3.65. The number of aromatic hydroxyl groups is 1. The lowest BCUT2D eigenvalue weighted by Gasteiger charge is -2.34. The molecule has 19 heavy (non-hydrogen) atoms. The van der Waals surface area contributed by atoms with Gasteiger partial charge in [-0.2, -0.15) is 0 Å². The van der Waals surface area contributed by atoms with Crippen molar-refractivity contribution in [3.63, 3.8) is 0 Å². The summed E-state index contributed by atoms with van der Waals surface area (Å²) in [6.07, 6.45) is 1.43. The summed E-state index contributed by atoms with van der Waals surface area (Å²) in [5.41, 5.74) is 8.81. The lowest BCUT2D eigenvalue weighted by Crippen LogP contribution is -2.35. The van der Waals surface area contributed by atoms with Gasteiger partial charge in [0.25, 0.3) is 0 Å². The normalized spacial score (nSPS) is 15.8. The summed E-state index contributed by atoms with van der Waals surface area (Å²) in [6, 6.07) is 4.95. The Morgan fingerprint density at radius 1 is 1.21 bits per heavy atom. The molecule has 0 saturated heterocycles. The second-order valence-electron chi connectivity index (χ2n) is 5.21. The Bertz CT molecular complexity index is 707. The van der Waals surface area contributed by atoms with E-state index in [9.17, 15) is 5.11 Å². The molecule has 0 aliphatic heterocycles. The highest BCUT2D eigenvalue weighted by Crippen LogP contribution is 2.44. The second-order valence-corrected chi connectivity index (χ2v) is 5.21. The Balaban J connectivity index is 2.44. The van der Waals surface area contributed by atoms with Gasteiger partial charge in [-0.3, -0.25) is 0 Å². The van der Waals surface area contributed by atoms with Crippen LogP contribution >= 0.6 is 0 Å². The van der Waals surface area contributed by atoms with Crippen LogP contribution in [0.15, 0.2) is 24.5 Å². The SMILES string of the molecule is CC1(C)C(=N)c2cc(O)ccc2-c2ncnc(N)c21. The van der Waals surface area contributed by atoms with E-state index in [1.54, 1.807) is 18.2 Å². The van der Waals surface area contributed by atoms with Gasteiger partial charge in [-0.15, -0.1) is 0 Å². The molecule has 0 unspecified atom stereocenters. The number of nitrogen functional groups attached to an aromatic ring is 1. The van der Waals surface area contributed by atoms with Gasteiger partial charge in [0.15, 0.2) is 0 Å². The fraction of sp³-hybridized carbons (Fsp3) is 0.214. The summed E-state index contributed by atoms with van der Waals surface area (Å²) in [6.45, 7) is 3.84. The summed E-state index contributed by atoms with van der Waals surface area (Å²) in [5, 5.41) is 18.0. The predicted octanol–water partition coefficient (Wildman–Crippen LogP) is 2.09. The first kappa shape index (κ1) is 11.6. The zero-order valence-electron chi connectivity index (χ0n) is 10.7. The maximum atomic E-state index is 9.62. The Labute approximate surface area is 110 Å². The molecule has 0 fully saturated rings. The van der Waals surface area contributed by atoms with Crippen LogP contribution < -0.4 is 5.73 Å². The Morgan fingerprint density at radius 2 is 1.95 bits per heavy atom. The number of rotatable bonds is 0. The molecule has 1 aliphatic carbocycles. The van der Waals surface area contributed by atoms with Gasteiger partial charge in [0.05, 0.1) is 5.69 Å². The van der Waals surface area contributed by atoms with Gasteiger partial charge in [0, 0.05) is 27.8 Å². The first-order chi connectivity index (χ1) is 8.93. The number of phenols is 1. The topological polar surface area (TPSA) is 95.9 Å². The third kappa shape index (κ3) is 1.44. The van der Waals surface area contributed by atoms with Crippen molar-refractivity contribution in [1.29, 1.82) is 5.41 Å². The summed E-state index contributed by atoms with van der Waals surface area (Å²) < 4.78 is 0. The number of hydrogen-bond donors (Lipinski definition) is 3. The highest BCUT2D eigenvalue weighted by molar-refractivity contribution is 6.14. The monoisotopic (exact) mass is 254 g/mol. The maximum absolute atomic E-state index is 9.62. The predicted molar refractivity (Wildman–Crippen MR) is 73.4 cm³/mol.